The molecule has 0 aliphatic rings. The zero-order valence-electron chi connectivity index (χ0n) is 19.8. The van der Waals surface area contributed by atoms with Gasteiger partial charge in [0.1, 0.15) is 5.82 Å². The van der Waals surface area contributed by atoms with E-state index in [1.807, 2.05) is 32.9 Å². The first-order valence-electron chi connectivity index (χ1n) is 11.2. The average Bonchev–Trinajstić information content (AvgIpc) is 2.68. The van der Waals surface area contributed by atoms with Crippen molar-refractivity contribution in [3.8, 4) is 0 Å². The van der Waals surface area contributed by atoms with Gasteiger partial charge in [0.2, 0.25) is 5.91 Å². The lowest BCUT2D eigenvalue weighted by molar-refractivity contribution is -0.123. The monoisotopic (exact) mass is 405 g/mol. The second-order valence-corrected chi connectivity index (χ2v) is 8.55. The minimum atomic E-state index is -0.433. The lowest BCUT2D eigenvalue weighted by atomic mass is 9.96. The number of rotatable bonds is 13. The Kier molecular flexibility index (Phi) is 11.4. The molecule has 0 unspecified atom stereocenters. The topological polar surface area (TPSA) is 51.7 Å². The molecule has 0 radical (unpaired) electrons. The number of nitrogens with one attached hydrogen (secondary N) is 1. The molecule has 0 saturated heterocycles. The van der Waals surface area contributed by atoms with Crippen molar-refractivity contribution in [3.05, 3.63) is 23.9 Å². The highest BCUT2D eigenvalue weighted by atomic mass is 16.2. The summed E-state index contributed by atoms with van der Waals surface area (Å²) in [6.07, 6.45) is 0. The Labute approximate surface area is 178 Å². The Hall–Kier alpha value is -1.50. The Balaban J connectivity index is 2.82. The van der Waals surface area contributed by atoms with Gasteiger partial charge >= 0.3 is 0 Å². The molecule has 0 bridgehead atoms. The summed E-state index contributed by atoms with van der Waals surface area (Å²) < 4.78 is 0. The molecule has 0 spiro atoms. The van der Waals surface area contributed by atoms with Crippen LogP contribution >= 0.6 is 0 Å². The molecule has 0 fully saturated rings. The summed E-state index contributed by atoms with van der Waals surface area (Å²) in [5, 5.41) is 2.95. The Morgan fingerprint density at radius 2 is 1.34 bits per heavy atom. The third-order valence-electron chi connectivity index (χ3n) is 5.37. The SMILES string of the molecule is CCN(CC)CCN(CCN(CC)CC)Cc1cccc(NC(=O)C(C)(C)C)n1. The first kappa shape index (κ1) is 25.5. The van der Waals surface area contributed by atoms with Crippen LogP contribution in [0.3, 0.4) is 0 Å². The van der Waals surface area contributed by atoms with E-state index < -0.39 is 5.41 Å². The van der Waals surface area contributed by atoms with Crippen molar-refractivity contribution in [3.63, 3.8) is 0 Å². The van der Waals surface area contributed by atoms with Gasteiger partial charge < -0.3 is 15.1 Å². The van der Waals surface area contributed by atoms with E-state index in [9.17, 15) is 4.79 Å². The molecule has 0 aromatic carbocycles. The Bertz CT molecular complexity index is 575. The maximum absolute atomic E-state index is 12.3. The fourth-order valence-corrected chi connectivity index (χ4v) is 3.09. The van der Waals surface area contributed by atoms with Crippen molar-refractivity contribution >= 4 is 11.7 Å². The predicted octanol–water partition coefficient (Wildman–Crippen LogP) is 3.55. The van der Waals surface area contributed by atoms with E-state index in [2.05, 4.69) is 53.8 Å². The van der Waals surface area contributed by atoms with Crippen molar-refractivity contribution in [2.75, 3.05) is 57.7 Å². The number of nitrogens with zero attached hydrogens (tertiary/aromatic N) is 4. The van der Waals surface area contributed by atoms with Crippen LogP contribution in [0.1, 0.15) is 54.2 Å². The van der Waals surface area contributed by atoms with Crippen LogP contribution in [0.5, 0.6) is 0 Å². The summed E-state index contributed by atoms with van der Waals surface area (Å²) in [5.74, 6) is 0.622. The van der Waals surface area contributed by atoms with Crippen LogP contribution < -0.4 is 5.32 Å². The van der Waals surface area contributed by atoms with Crippen LogP contribution in [0.2, 0.25) is 0 Å². The molecular weight excluding hydrogens is 362 g/mol. The van der Waals surface area contributed by atoms with E-state index in [4.69, 9.17) is 4.98 Å². The molecule has 1 aromatic heterocycles. The van der Waals surface area contributed by atoms with Crippen LogP contribution in [-0.2, 0) is 11.3 Å². The maximum Gasteiger partial charge on any atom is 0.230 e. The molecule has 1 rings (SSSR count). The zero-order chi connectivity index (χ0) is 21.9. The average molecular weight is 406 g/mol. The van der Waals surface area contributed by atoms with E-state index in [1.54, 1.807) is 0 Å². The van der Waals surface area contributed by atoms with E-state index in [0.717, 1.165) is 64.6 Å². The maximum atomic E-state index is 12.3. The number of carbonyl (C=O) groups excluding carboxylic acids is 1. The lowest BCUT2D eigenvalue weighted by Crippen LogP contribution is -2.39. The number of aromatic nitrogens is 1. The third kappa shape index (κ3) is 9.70. The molecular formula is C23H43N5O. The normalized spacial score (nSPS) is 12.2. The van der Waals surface area contributed by atoms with Crippen molar-refractivity contribution in [2.45, 2.75) is 55.0 Å². The van der Waals surface area contributed by atoms with Gasteiger partial charge in [-0.3, -0.25) is 9.69 Å². The summed E-state index contributed by atoms with van der Waals surface area (Å²) in [7, 11) is 0. The number of carbonyl (C=O) groups is 1. The first-order chi connectivity index (χ1) is 13.7. The number of hydrogen-bond acceptors (Lipinski definition) is 5. The summed E-state index contributed by atoms with van der Waals surface area (Å²) in [4.78, 5) is 24.4. The number of likely N-dealkylation sites (N-methyl/N-ethyl adjacent to an activating group) is 2. The Morgan fingerprint density at radius 1 is 0.862 bits per heavy atom. The molecule has 1 heterocycles. The number of hydrogen-bond donors (Lipinski definition) is 1. The third-order valence-corrected chi connectivity index (χ3v) is 5.37. The van der Waals surface area contributed by atoms with E-state index in [0.29, 0.717) is 5.82 Å². The number of amides is 1. The van der Waals surface area contributed by atoms with Crippen molar-refractivity contribution < 1.29 is 4.79 Å². The van der Waals surface area contributed by atoms with Crippen LogP contribution in [-0.4, -0.2) is 77.9 Å². The Morgan fingerprint density at radius 3 is 1.79 bits per heavy atom. The van der Waals surface area contributed by atoms with Crippen LogP contribution in [0.15, 0.2) is 18.2 Å². The van der Waals surface area contributed by atoms with Gasteiger partial charge in [-0.05, 0) is 38.3 Å². The van der Waals surface area contributed by atoms with Gasteiger partial charge in [0.05, 0.1) is 5.69 Å². The minimum absolute atomic E-state index is 0.0120. The lowest BCUT2D eigenvalue weighted by Gasteiger charge is -2.28. The fourth-order valence-electron chi connectivity index (χ4n) is 3.09. The van der Waals surface area contributed by atoms with Crippen molar-refractivity contribution in [1.29, 1.82) is 0 Å². The van der Waals surface area contributed by atoms with Crippen LogP contribution in [0.4, 0.5) is 5.82 Å². The highest BCUT2D eigenvalue weighted by Gasteiger charge is 2.21. The zero-order valence-corrected chi connectivity index (χ0v) is 19.8. The quantitative estimate of drug-likeness (QED) is 0.544. The molecule has 1 aromatic rings. The van der Waals surface area contributed by atoms with Crippen LogP contribution in [0.25, 0.3) is 0 Å². The second-order valence-electron chi connectivity index (χ2n) is 8.55. The molecule has 6 nitrogen and oxygen atoms in total. The van der Waals surface area contributed by atoms with E-state index in [-0.39, 0.29) is 5.91 Å². The summed E-state index contributed by atoms with van der Waals surface area (Å²) in [6, 6.07) is 5.89. The molecule has 0 aliphatic carbocycles. The highest BCUT2D eigenvalue weighted by Crippen LogP contribution is 2.16. The molecule has 1 amide bonds. The number of anilines is 1. The van der Waals surface area contributed by atoms with E-state index >= 15 is 0 Å². The van der Waals surface area contributed by atoms with Gasteiger partial charge in [0.15, 0.2) is 0 Å². The molecule has 0 atom stereocenters. The molecule has 0 saturated carbocycles. The van der Waals surface area contributed by atoms with Gasteiger partial charge in [-0.1, -0.05) is 54.5 Å². The molecule has 29 heavy (non-hydrogen) atoms. The van der Waals surface area contributed by atoms with Crippen LogP contribution in [0, 0.1) is 5.41 Å². The molecule has 6 heteroatoms. The van der Waals surface area contributed by atoms with Crippen molar-refractivity contribution in [1.82, 2.24) is 19.7 Å². The molecule has 0 aliphatic heterocycles. The van der Waals surface area contributed by atoms with Gasteiger partial charge in [-0.2, -0.15) is 0 Å². The summed E-state index contributed by atoms with van der Waals surface area (Å²) in [5.41, 5.74) is 0.563. The number of pyridine rings is 1. The summed E-state index contributed by atoms with van der Waals surface area (Å²) >= 11 is 0. The standard InChI is InChI=1S/C23H43N5O/c1-8-26(9-2)15-17-28(18-16-27(10-3)11-4)19-20-13-12-14-21(24-20)25-22(29)23(5,6)7/h12-14H,8-11,15-19H2,1-7H3,(H,24,25,29). The van der Waals surface area contributed by atoms with Gasteiger partial charge in [-0.15, -0.1) is 0 Å². The summed E-state index contributed by atoms with van der Waals surface area (Å²) in [6.45, 7) is 23.8. The molecule has 166 valence electrons. The fraction of sp³-hybridized carbons (Fsp3) is 0.739. The molecule has 1 N–H and O–H groups in total. The van der Waals surface area contributed by atoms with Gasteiger partial charge in [0.25, 0.3) is 0 Å². The predicted molar refractivity (Wildman–Crippen MR) is 123 cm³/mol. The smallest absolute Gasteiger partial charge is 0.230 e. The highest BCUT2D eigenvalue weighted by molar-refractivity contribution is 5.93. The van der Waals surface area contributed by atoms with E-state index in [1.165, 1.54) is 0 Å². The minimum Gasteiger partial charge on any atom is -0.310 e. The largest absolute Gasteiger partial charge is 0.310 e. The second kappa shape index (κ2) is 12.9. The van der Waals surface area contributed by atoms with Crippen molar-refractivity contribution in [2.24, 2.45) is 5.41 Å². The van der Waals surface area contributed by atoms with Gasteiger partial charge in [-0.25, -0.2) is 4.98 Å². The van der Waals surface area contributed by atoms with Gasteiger partial charge in [0, 0.05) is 38.1 Å². The first-order valence-corrected chi connectivity index (χ1v) is 11.2.